The van der Waals surface area contributed by atoms with E-state index in [1.807, 2.05) is 0 Å². The molecule has 0 saturated carbocycles. The van der Waals surface area contributed by atoms with Gasteiger partial charge < -0.3 is 24.4 Å². The first-order chi connectivity index (χ1) is 14.0. The largest absolute Gasteiger partial charge is 0.507 e. The van der Waals surface area contributed by atoms with E-state index in [2.05, 4.69) is 0 Å². The van der Waals surface area contributed by atoms with Crippen LogP contribution in [0.5, 0.6) is 23.0 Å². The molecule has 0 heterocycles. The molecule has 30 heavy (non-hydrogen) atoms. The highest BCUT2D eigenvalue weighted by molar-refractivity contribution is 6.01. The Kier molecular flexibility index (Phi) is 6.40. The summed E-state index contributed by atoms with van der Waals surface area (Å²) in [6, 6.07) is 0. The van der Waals surface area contributed by atoms with Crippen molar-refractivity contribution in [3.8, 4) is 23.0 Å². The molecular formula is C22H24O8. The molecule has 160 valence electrons. The fraction of sp³-hybridized carbons (Fsp3) is 0.318. The van der Waals surface area contributed by atoms with Crippen molar-refractivity contribution in [1.82, 2.24) is 0 Å². The summed E-state index contributed by atoms with van der Waals surface area (Å²) >= 11 is 0. The van der Waals surface area contributed by atoms with Crippen LogP contribution >= 0.6 is 0 Å². The molecule has 0 unspecified atom stereocenters. The number of carbonyl (C=O) groups excluding carboxylic acids is 3. The maximum absolute atomic E-state index is 13.0. The normalized spacial score (nSPS) is 10.5. The highest BCUT2D eigenvalue weighted by Gasteiger charge is 2.29. The number of hydrogen-bond donors (Lipinski definition) is 2. The molecule has 2 rings (SSSR count). The molecule has 0 radical (unpaired) electrons. The van der Waals surface area contributed by atoms with Crippen molar-refractivity contribution < 1.29 is 38.8 Å². The number of esters is 2. The molecule has 8 heteroatoms. The Balaban J connectivity index is 2.69. The van der Waals surface area contributed by atoms with Crippen LogP contribution in [-0.2, 0) is 4.74 Å². The van der Waals surface area contributed by atoms with Gasteiger partial charge in [-0.25, -0.2) is 9.59 Å². The van der Waals surface area contributed by atoms with Gasteiger partial charge in [0.05, 0.1) is 19.8 Å². The molecule has 0 aromatic heterocycles. The van der Waals surface area contributed by atoms with Crippen molar-refractivity contribution >= 4 is 18.2 Å². The SMILES string of the molecule is COC(=O)c1c(C)c(C)c(OC(=O)c2c(C)c(C=O)c(O)c(C)c2O)c(C)c1OC. The lowest BCUT2D eigenvalue weighted by atomic mass is 9.96. The summed E-state index contributed by atoms with van der Waals surface area (Å²) in [5, 5.41) is 20.5. The van der Waals surface area contributed by atoms with Crippen LogP contribution in [0.3, 0.4) is 0 Å². The predicted octanol–water partition coefficient (Wildman–Crippen LogP) is 3.47. The lowest BCUT2D eigenvalue weighted by Crippen LogP contribution is -2.16. The molecule has 0 bridgehead atoms. The first kappa shape index (κ1) is 22.7. The number of benzene rings is 2. The smallest absolute Gasteiger partial charge is 0.347 e. The molecule has 0 aliphatic rings. The number of ether oxygens (including phenoxy) is 3. The lowest BCUT2D eigenvalue weighted by molar-refractivity contribution is 0.0595. The Bertz CT molecular complexity index is 1070. The Morgan fingerprint density at radius 2 is 1.33 bits per heavy atom. The van der Waals surface area contributed by atoms with Crippen LogP contribution in [0.25, 0.3) is 0 Å². The van der Waals surface area contributed by atoms with Crippen LogP contribution < -0.4 is 9.47 Å². The van der Waals surface area contributed by atoms with Gasteiger partial charge in [0.2, 0.25) is 0 Å². The summed E-state index contributed by atoms with van der Waals surface area (Å²) in [4.78, 5) is 36.5. The van der Waals surface area contributed by atoms with Gasteiger partial charge >= 0.3 is 11.9 Å². The molecule has 2 aromatic carbocycles. The van der Waals surface area contributed by atoms with E-state index in [4.69, 9.17) is 14.2 Å². The third-order valence-corrected chi connectivity index (χ3v) is 5.28. The number of aromatic hydroxyl groups is 2. The zero-order chi connectivity index (χ0) is 22.9. The Morgan fingerprint density at radius 1 is 0.733 bits per heavy atom. The lowest BCUT2D eigenvalue weighted by Gasteiger charge is -2.20. The molecule has 0 atom stereocenters. The first-order valence-corrected chi connectivity index (χ1v) is 9.01. The van der Waals surface area contributed by atoms with E-state index in [9.17, 15) is 24.6 Å². The number of rotatable bonds is 5. The first-order valence-electron chi connectivity index (χ1n) is 9.01. The minimum absolute atomic E-state index is 0.0158. The van der Waals surface area contributed by atoms with E-state index in [0.717, 1.165) is 0 Å². The van der Waals surface area contributed by atoms with E-state index in [-0.39, 0.29) is 39.3 Å². The number of phenols is 2. The second kappa shape index (κ2) is 8.44. The van der Waals surface area contributed by atoms with E-state index in [1.165, 1.54) is 28.1 Å². The number of methoxy groups -OCH3 is 2. The van der Waals surface area contributed by atoms with Crippen molar-refractivity contribution in [1.29, 1.82) is 0 Å². The van der Waals surface area contributed by atoms with Crippen molar-refractivity contribution in [3.63, 3.8) is 0 Å². The maximum Gasteiger partial charge on any atom is 0.347 e. The highest BCUT2D eigenvalue weighted by atomic mass is 16.5. The zero-order valence-electron chi connectivity index (χ0n) is 17.9. The van der Waals surface area contributed by atoms with Crippen molar-refractivity contribution in [2.24, 2.45) is 0 Å². The van der Waals surface area contributed by atoms with E-state index < -0.39 is 23.4 Å². The summed E-state index contributed by atoms with van der Waals surface area (Å²) in [7, 11) is 2.63. The average molecular weight is 416 g/mol. The van der Waals surface area contributed by atoms with E-state index in [0.29, 0.717) is 23.0 Å². The topological polar surface area (TPSA) is 119 Å². The van der Waals surface area contributed by atoms with Gasteiger partial charge in [0.25, 0.3) is 0 Å². The summed E-state index contributed by atoms with van der Waals surface area (Å²) in [5.41, 5.74) is 1.34. The molecule has 0 aliphatic carbocycles. The minimum atomic E-state index is -0.922. The minimum Gasteiger partial charge on any atom is -0.507 e. The average Bonchev–Trinajstić information content (AvgIpc) is 2.71. The van der Waals surface area contributed by atoms with Gasteiger partial charge in [-0.05, 0) is 51.3 Å². The Morgan fingerprint density at radius 3 is 1.83 bits per heavy atom. The van der Waals surface area contributed by atoms with Crippen LogP contribution in [-0.4, -0.2) is 42.7 Å². The second-order valence-electron chi connectivity index (χ2n) is 6.85. The van der Waals surface area contributed by atoms with Crippen molar-refractivity contribution in [3.05, 3.63) is 44.5 Å². The van der Waals surface area contributed by atoms with Crippen LogP contribution in [0.1, 0.15) is 58.9 Å². The molecule has 0 spiro atoms. The standard InChI is InChI=1S/C22H24O8/c1-9-10(2)19(13(5)20(28-6)16(9)21(26)29-7)30-22(27)15-11(3)14(8-23)17(24)12(4)18(15)25/h8,24-25H,1-7H3. The van der Waals surface area contributed by atoms with Gasteiger partial charge in [-0.3, -0.25) is 4.79 Å². The molecule has 0 saturated heterocycles. The van der Waals surface area contributed by atoms with Crippen LogP contribution in [0.2, 0.25) is 0 Å². The second-order valence-corrected chi connectivity index (χ2v) is 6.85. The van der Waals surface area contributed by atoms with Crippen LogP contribution in [0.15, 0.2) is 0 Å². The monoisotopic (exact) mass is 416 g/mol. The summed E-state index contributed by atoms with van der Waals surface area (Å²) < 4.78 is 15.8. The van der Waals surface area contributed by atoms with Gasteiger partial charge in [-0.2, -0.15) is 0 Å². The number of hydrogen-bond acceptors (Lipinski definition) is 8. The number of phenolic OH excluding ortho intramolecular Hbond substituents is 2. The van der Waals surface area contributed by atoms with Gasteiger partial charge in [0.1, 0.15) is 34.1 Å². The number of carbonyl (C=O) groups is 3. The molecule has 0 fully saturated rings. The third-order valence-electron chi connectivity index (χ3n) is 5.28. The van der Waals surface area contributed by atoms with E-state index >= 15 is 0 Å². The van der Waals surface area contributed by atoms with Crippen molar-refractivity contribution in [2.75, 3.05) is 14.2 Å². The molecule has 0 amide bonds. The quantitative estimate of drug-likeness (QED) is 0.432. The van der Waals surface area contributed by atoms with Crippen molar-refractivity contribution in [2.45, 2.75) is 34.6 Å². The Labute approximate surface area is 174 Å². The molecule has 2 N–H and O–H groups in total. The van der Waals surface area contributed by atoms with Gasteiger partial charge in [-0.1, -0.05) is 0 Å². The summed E-state index contributed by atoms with van der Waals surface area (Å²) in [6.07, 6.45) is 0.405. The Hall–Kier alpha value is -3.55. The summed E-state index contributed by atoms with van der Waals surface area (Å²) in [5.74, 6) is -2.04. The van der Waals surface area contributed by atoms with Gasteiger partial charge in [0.15, 0.2) is 6.29 Å². The summed E-state index contributed by atoms with van der Waals surface area (Å²) in [6.45, 7) is 7.75. The van der Waals surface area contributed by atoms with E-state index in [1.54, 1.807) is 20.8 Å². The van der Waals surface area contributed by atoms with Crippen LogP contribution in [0.4, 0.5) is 0 Å². The predicted molar refractivity (Wildman–Crippen MR) is 108 cm³/mol. The third kappa shape index (κ3) is 3.45. The fourth-order valence-corrected chi connectivity index (χ4v) is 3.39. The van der Waals surface area contributed by atoms with Gasteiger partial charge in [-0.15, -0.1) is 0 Å². The highest BCUT2D eigenvalue weighted by Crippen LogP contribution is 2.41. The maximum atomic E-state index is 13.0. The fourth-order valence-electron chi connectivity index (χ4n) is 3.39. The van der Waals surface area contributed by atoms with Crippen LogP contribution in [0, 0.1) is 34.6 Å². The molecule has 0 aliphatic heterocycles. The number of aldehydes is 1. The van der Waals surface area contributed by atoms with Gasteiger partial charge in [0, 0.05) is 11.1 Å². The molecule has 2 aromatic rings. The molecular weight excluding hydrogens is 392 g/mol. The molecule has 8 nitrogen and oxygen atoms in total. The zero-order valence-corrected chi connectivity index (χ0v) is 17.9.